The lowest BCUT2D eigenvalue weighted by Gasteiger charge is -2.23. The average Bonchev–Trinajstić information content (AvgIpc) is 2.64. The summed E-state index contributed by atoms with van der Waals surface area (Å²) >= 11 is 1.45. The summed E-state index contributed by atoms with van der Waals surface area (Å²) in [7, 11) is 0. The Morgan fingerprint density at radius 1 is 1.69 bits per heavy atom. The first-order valence-electron chi connectivity index (χ1n) is 5.02. The number of nitrogens with one attached hydrogen (secondary N) is 1. The summed E-state index contributed by atoms with van der Waals surface area (Å²) < 4.78 is 0. The molecule has 6 heteroatoms. The maximum absolute atomic E-state index is 11.6. The minimum absolute atomic E-state index is 0.0934. The number of nitrogens with zero attached hydrogens (tertiary/aromatic N) is 1. The second kappa shape index (κ2) is 5.38. The van der Waals surface area contributed by atoms with Crippen molar-refractivity contribution in [2.75, 3.05) is 6.61 Å². The lowest BCUT2D eigenvalue weighted by Crippen LogP contribution is -2.46. The minimum atomic E-state index is -0.593. The zero-order chi connectivity index (χ0) is 12.2. The molecule has 16 heavy (non-hydrogen) atoms. The summed E-state index contributed by atoms with van der Waals surface area (Å²) in [5, 5.41) is 14.4. The number of aromatic nitrogens is 1. The van der Waals surface area contributed by atoms with Gasteiger partial charge in [-0.1, -0.05) is 0 Å². The van der Waals surface area contributed by atoms with Crippen LogP contribution in [0.4, 0.5) is 0 Å². The molecule has 0 bridgehead atoms. The van der Waals surface area contributed by atoms with Gasteiger partial charge in [-0.3, -0.25) is 4.79 Å². The van der Waals surface area contributed by atoms with Crippen LogP contribution in [0.25, 0.3) is 0 Å². The van der Waals surface area contributed by atoms with E-state index in [-0.39, 0.29) is 18.9 Å². The first kappa shape index (κ1) is 13.1. The van der Waals surface area contributed by atoms with Crippen LogP contribution in [0.2, 0.25) is 0 Å². The van der Waals surface area contributed by atoms with Crippen molar-refractivity contribution in [3.63, 3.8) is 0 Å². The summed E-state index contributed by atoms with van der Waals surface area (Å²) in [6, 6.07) is 0. The Morgan fingerprint density at radius 3 is 2.88 bits per heavy atom. The zero-order valence-corrected chi connectivity index (χ0v) is 10.3. The molecule has 1 heterocycles. The highest BCUT2D eigenvalue weighted by Gasteiger charge is 2.19. The van der Waals surface area contributed by atoms with Gasteiger partial charge in [0.1, 0.15) is 5.01 Å². The monoisotopic (exact) mass is 243 g/mol. The standard InChI is InChI=1S/C10H17N3O2S/c1-10(2,6-14)13-8(15)3-7-5-16-9(4-11)12-7/h5,14H,3-4,6,11H2,1-2H3,(H,13,15). The molecule has 0 spiro atoms. The first-order chi connectivity index (χ1) is 7.46. The molecular formula is C10H17N3O2S. The number of aliphatic hydroxyl groups is 1. The molecule has 0 saturated carbocycles. The van der Waals surface area contributed by atoms with E-state index in [1.807, 2.05) is 5.38 Å². The van der Waals surface area contributed by atoms with Gasteiger partial charge in [0.25, 0.3) is 0 Å². The van der Waals surface area contributed by atoms with E-state index in [2.05, 4.69) is 10.3 Å². The smallest absolute Gasteiger partial charge is 0.226 e. The molecule has 1 aromatic heterocycles. The highest BCUT2D eigenvalue weighted by Crippen LogP contribution is 2.10. The topological polar surface area (TPSA) is 88.2 Å². The molecule has 1 aromatic rings. The zero-order valence-electron chi connectivity index (χ0n) is 9.49. The fourth-order valence-corrected chi connectivity index (χ4v) is 1.82. The van der Waals surface area contributed by atoms with Crippen LogP contribution >= 0.6 is 11.3 Å². The van der Waals surface area contributed by atoms with Gasteiger partial charge in [-0.2, -0.15) is 0 Å². The van der Waals surface area contributed by atoms with Gasteiger partial charge < -0.3 is 16.2 Å². The summed E-state index contributed by atoms with van der Waals surface area (Å²) in [6.45, 7) is 3.83. The van der Waals surface area contributed by atoms with Crippen LogP contribution in [0.5, 0.6) is 0 Å². The summed E-state index contributed by atoms with van der Waals surface area (Å²) in [6.07, 6.45) is 0.222. The van der Waals surface area contributed by atoms with Gasteiger partial charge in [0.05, 0.1) is 24.3 Å². The van der Waals surface area contributed by atoms with Crippen molar-refractivity contribution in [1.29, 1.82) is 0 Å². The molecule has 0 fully saturated rings. The first-order valence-corrected chi connectivity index (χ1v) is 5.90. The molecule has 90 valence electrons. The van der Waals surface area contributed by atoms with E-state index in [0.29, 0.717) is 6.54 Å². The molecule has 0 aromatic carbocycles. The summed E-state index contributed by atoms with van der Waals surface area (Å²) in [4.78, 5) is 15.8. The van der Waals surface area contributed by atoms with Crippen molar-refractivity contribution in [1.82, 2.24) is 10.3 Å². The van der Waals surface area contributed by atoms with Crippen LogP contribution in [0.1, 0.15) is 24.5 Å². The molecule has 1 amide bonds. The number of aliphatic hydroxyl groups excluding tert-OH is 1. The van der Waals surface area contributed by atoms with E-state index in [1.165, 1.54) is 11.3 Å². The number of rotatable bonds is 5. The second-order valence-electron chi connectivity index (χ2n) is 4.20. The van der Waals surface area contributed by atoms with Crippen molar-refractivity contribution >= 4 is 17.2 Å². The Bertz CT molecular complexity index is 363. The lowest BCUT2D eigenvalue weighted by atomic mass is 10.1. The van der Waals surface area contributed by atoms with Gasteiger partial charge in [0.15, 0.2) is 0 Å². The van der Waals surface area contributed by atoms with Gasteiger partial charge in [-0.25, -0.2) is 4.98 Å². The molecule has 0 aliphatic carbocycles. The van der Waals surface area contributed by atoms with E-state index in [1.54, 1.807) is 13.8 Å². The van der Waals surface area contributed by atoms with Crippen LogP contribution in [0.3, 0.4) is 0 Å². The van der Waals surface area contributed by atoms with E-state index in [4.69, 9.17) is 10.8 Å². The fraction of sp³-hybridized carbons (Fsp3) is 0.600. The average molecular weight is 243 g/mol. The third-order valence-corrected chi connectivity index (χ3v) is 2.91. The van der Waals surface area contributed by atoms with Crippen molar-refractivity contribution in [3.05, 3.63) is 16.1 Å². The molecule has 0 aliphatic heterocycles. The molecule has 4 N–H and O–H groups in total. The second-order valence-corrected chi connectivity index (χ2v) is 5.15. The van der Waals surface area contributed by atoms with Crippen molar-refractivity contribution in [2.45, 2.75) is 32.4 Å². The van der Waals surface area contributed by atoms with Crippen molar-refractivity contribution < 1.29 is 9.90 Å². The van der Waals surface area contributed by atoms with Crippen LogP contribution in [0.15, 0.2) is 5.38 Å². The number of hydrogen-bond acceptors (Lipinski definition) is 5. The maximum Gasteiger partial charge on any atom is 0.226 e. The summed E-state index contributed by atoms with van der Waals surface area (Å²) in [5.74, 6) is -0.145. The predicted octanol–water partition coefficient (Wildman–Crippen LogP) is 0.0314. The quantitative estimate of drug-likeness (QED) is 0.681. The SMILES string of the molecule is CC(C)(CO)NC(=O)Cc1csc(CN)n1. The van der Waals surface area contributed by atoms with Gasteiger partial charge in [-0.05, 0) is 13.8 Å². The van der Waals surface area contributed by atoms with Crippen LogP contribution in [0, 0.1) is 0 Å². The number of hydrogen-bond donors (Lipinski definition) is 3. The largest absolute Gasteiger partial charge is 0.394 e. The molecule has 0 radical (unpaired) electrons. The van der Waals surface area contributed by atoms with Gasteiger partial charge in [0.2, 0.25) is 5.91 Å². The number of carbonyl (C=O) groups excluding carboxylic acids is 1. The molecule has 0 atom stereocenters. The van der Waals surface area contributed by atoms with Crippen LogP contribution < -0.4 is 11.1 Å². The minimum Gasteiger partial charge on any atom is -0.394 e. The van der Waals surface area contributed by atoms with Gasteiger partial charge in [0, 0.05) is 11.9 Å². The third kappa shape index (κ3) is 3.88. The van der Waals surface area contributed by atoms with Gasteiger partial charge >= 0.3 is 0 Å². The van der Waals surface area contributed by atoms with E-state index < -0.39 is 5.54 Å². The number of carbonyl (C=O) groups is 1. The van der Waals surface area contributed by atoms with Crippen molar-refractivity contribution in [2.24, 2.45) is 5.73 Å². The van der Waals surface area contributed by atoms with Gasteiger partial charge in [-0.15, -0.1) is 11.3 Å². The van der Waals surface area contributed by atoms with E-state index in [9.17, 15) is 4.79 Å². The predicted molar refractivity (Wildman–Crippen MR) is 63.0 cm³/mol. The Hall–Kier alpha value is -0.980. The Labute approximate surface area is 98.7 Å². The van der Waals surface area contributed by atoms with E-state index >= 15 is 0 Å². The maximum atomic E-state index is 11.6. The van der Waals surface area contributed by atoms with Crippen molar-refractivity contribution in [3.8, 4) is 0 Å². The Morgan fingerprint density at radius 2 is 2.38 bits per heavy atom. The number of amides is 1. The van der Waals surface area contributed by atoms with Crippen LogP contribution in [-0.2, 0) is 17.8 Å². The lowest BCUT2D eigenvalue weighted by molar-refractivity contribution is -0.122. The summed E-state index contributed by atoms with van der Waals surface area (Å²) in [5.41, 5.74) is 5.56. The molecule has 0 saturated heterocycles. The molecule has 1 rings (SSSR count). The normalized spacial score (nSPS) is 11.5. The number of nitrogens with two attached hydrogens (primary N) is 1. The highest BCUT2D eigenvalue weighted by molar-refractivity contribution is 7.09. The highest BCUT2D eigenvalue weighted by atomic mass is 32.1. The molecule has 5 nitrogen and oxygen atoms in total. The fourth-order valence-electron chi connectivity index (χ4n) is 1.15. The van der Waals surface area contributed by atoms with Crippen LogP contribution in [-0.4, -0.2) is 28.1 Å². The molecule has 0 unspecified atom stereocenters. The van der Waals surface area contributed by atoms with E-state index in [0.717, 1.165) is 10.7 Å². The molecular weight excluding hydrogens is 226 g/mol. The molecule has 0 aliphatic rings. The number of thiazole rings is 1. The Kier molecular flexibility index (Phi) is 4.40. The third-order valence-electron chi connectivity index (χ3n) is 1.99. The Balaban J connectivity index is 2.51.